The molecule has 3 heterocycles. The highest BCUT2D eigenvalue weighted by Crippen LogP contribution is 2.20. The lowest BCUT2D eigenvalue weighted by atomic mass is 10.1. The Hall–Kier alpha value is -0.910. The Labute approximate surface area is 127 Å². The molecule has 0 aromatic carbocycles. The number of hydrogen-bond acceptors (Lipinski definition) is 4. The second kappa shape index (κ2) is 6.90. The summed E-state index contributed by atoms with van der Waals surface area (Å²) in [5, 5.41) is 10.3. The Morgan fingerprint density at radius 3 is 2.71 bits per heavy atom. The molecule has 1 aromatic rings. The molecule has 2 saturated heterocycles. The fourth-order valence-corrected chi connectivity index (χ4v) is 3.74. The Morgan fingerprint density at radius 2 is 2.00 bits per heavy atom. The van der Waals surface area contributed by atoms with Gasteiger partial charge in [0.05, 0.1) is 6.10 Å². The standard InChI is InChI=1S/C16H28N4O/c1-14-17-6-11-19(14)10-5-7-18-12-15(16(21)13-18)20-8-3-2-4-9-20/h6,11,15-16,21H,2-5,7-10,12-13H2,1H3/t15-,16-/m0/s1. The zero-order chi connectivity index (χ0) is 14.7. The van der Waals surface area contributed by atoms with Crippen molar-refractivity contribution < 1.29 is 5.11 Å². The van der Waals surface area contributed by atoms with Crippen LogP contribution in [0.1, 0.15) is 31.5 Å². The number of aliphatic hydroxyl groups is 1. The molecule has 0 radical (unpaired) electrons. The molecule has 2 aliphatic rings. The van der Waals surface area contributed by atoms with Crippen LogP contribution in [-0.4, -0.2) is 69.3 Å². The third kappa shape index (κ3) is 3.65. The normalized spacial score (nSPS) is 28.3. The fraction of sp³-hybridized carbons (Fsp3) is 0.812. The van der Waals surface area contributed by atoms with Gasteiger partial charge < -0.3 is 9.67 Å². The van der Waals surface area contributed by atoms with Crippen molar-refractivity contribution in [3.63, 3.8) is 0 Å². The lowest BCUT2D eigenvalue weighted by molar-refractivity contribution is 0.0706. The van der Waals surface area contributed by atoms with E-state index in [1.807, 2.05) is 19.3 Å². The molecule has 0 bridgehead atoms. The average Bonchev–Trinajstić information content (AvgIpc) is 3.06. The highest BCUT2D eigenvalue weighted by molar-refractivity contribution is 4.92. The van der Waals surface area contributed by atoms with E-state index in [2.05, 4.69) is 19.4 Å². The number of piperidine rings is 1. The predicted octanol–water partition coefficient (Wildman–Crippen LogP) is 1.11. The van der Waals surface area contributed by atoms with Crippen molar-refractivity contribution in [3.8, 4) is 0 Å². The van der Waals surface area contributed by atoms with Crippen LogP contribution in [0.3, 0.4) is 0 Å². The molecule has 5 nitrogen and oxygen atoms in total. The summed E-state index contributed by atoms with van der Waals surface area (Å²) in [6.07, 6.45) is 8.81. The van der Waals surface area contributed by atoms with Crippen molar-refractivity contribution in [2.45, 2.75) is 51.3 Å². The molecule has 3 rings (SSSR count). The smallest absolute Gasteiger partial charge is 0.105 e. The van der Waals surface area contributed by atoms with Gasteiger partial charge in [0.2, 0.25) is 0 Å². The Balaban J connectivity index is 1.44. The lowest BCUT2D eigenvalue weighted by Crippen LogP contribution is -2.45. The van der Waals surface area contributed by atoms with Crippen LogP contribution >= 0.6 is 0 Å². The number of β-amino-alcohol motifs (C(OH)–C–C–N with tert-alkyl or cyclic N) is 1. The number of rotatable bonds is 5. The molecule has 1 aromatic heterocycles. The molecule has 2 fully saturated rings. The molecular formula is C16H28N4O. The van der Waals surface area contributed by atoms with Crippen LogP contribution in [0, 0.1) is 6.92 Å². The molecule has 21 heavy (non-hydrogen) atoms. The first kappa shape index (κ1) is 15.0. The molecule has 0 saturated carbocycles. The zero-order valence-electron chi connectivity index (χ0n) is 13.1. The van der Waals surface area contributed by atoms with Crippen molar-refractivity contribution in [2.75, 3.05) is 32.7 Å². The van der Waals surface area contributed by atoms with Crippen molar-refractivity contribution >= 4 is 0 Å². The Bertz CT molecular complexity index is 441. The van der Waals surface area contributed by atoms with E-state index >= 15 is 0 Å². The number of nitrogens with zero attached hydrogens (tertiary/aromatic N) is 4. The van der Waals surface area contributed by atoms with Gasteiger partial charge in [0.25, 0.3) is 0 Å². The molecule has 0 aliphatic carbocycles. The zero-order valence-corrected chi connectivity index (χ0v) is 13.1. The van der Waals surface area contributed by atoms with Crippen molar-refractivity contribution in [2.24, 2.45) is 0 Å². The van der Waals surface area contributed by atoms with Crippen LogP contribution in [0.2, 0.25) is 0 Å². The number of likely N-dealkylation sites (tertiary alicyclic amines) is 2. The van der Waals surface area contributed by atoms with Gasteiger partial charge in [-0.15, -0.1) is 0 Å². The predicted molar refractivity (Wildman–Crippen MR) is 83.2 cm³/mol. The molecule has 5 heteroatoms. The number of aryl methyl sites for hydroxylation is 2. The fourth-order valence-electron chi connectivity index (χ4n) is 3.74. The highest BCUT2D eigenvalue weighted by atomic mass is 16.3. The van der Waals surface area contributed by atoms with Crippen molar-refractivity contribution in [1.29, 1.82) is 0 Å². The van der Waals surface area contributed by atoms with E-state index in [-0.39, 0.29) is 6.10 Å². The van der Waals surface area contributed by atoms with Crippen LogP contribution in [0.15, 0.2) is 12.4 Å². The van der Waals surface area contributed by atoms with Gasteiger partial charge in [-0.2, -0.15) is 0 Å². The topological polar surface area (TPSA) is 44.5 Å². The van der Waals surface area contributed by atoms with E-state index in [0.717, 1.165) is 38.4 Å². The van der Waals surface area contributed by atoms with Gasteiger partial charge in [-0.05, 0) is 39.3 Å². The van der Waals surface area contributed by atoms with Crippen LogP contribution in [0.25, 0.3) is 0 Å². The highest BCUT2D eigenvalue weighted by Gasteiger charge is 2.35. The summed E-state index contributed by atoms with van der Waals surface area (Å²) in [7, 11) is 0. The van der Waals surface area contributed by atoms with E-state index < -0.39 is 0 Å². The minimum absolute atomic E-state index is 0.168. The third-order valence-electron chi connectivity index (χ3n) is 4.99. The van der Waals surface area contributed by atoms with Gasteiger partial charge in [-0.25, -0.2) is 4.98 Å². The van der Waals surface area contributed by atoms with E-state index in [1.54, 1.807) is 0 Å². The Morgan fingerprint density at radius 1 is 1.19 bits per heavy atom. The molecule has 0 unspecified atom stereocenters. The van der Waals surface area contributed by atoms with Gasteiger partial charge in [0.1, 0.15) is 5.82 Å². The van der Waals surface area contributed by atoms with Crippen LogP contribution in [0.5, 0.6) is 0 Å². The minimum atomic E-state index is -0.168. The first-order chi connectivity index (χ1) is 10.2. The number of aliphatic hydroxyl groups excluding tert-OH is 1. The van der Waals surface area contributed by atoms with Crippen LogP contribution in [-0.2, 0) is 6.54 Å². The van der Waals surface area contributed by atoms with Crippen molar-refractivity contribution in [1.82, 2.24) is 19.4 Å². The van der Waals surface area contributed by atoms with E-state index in [0.29, 0.717) is 6.04 Å². The summed E-state index contributed by atoms with van der Waals surface area (Å²) in [6.45, 7) is 8.35. The molecule has 1 N–H and O–H groups in total. The number of aromatic nitrogens is 2. The van der Waals surface area contributed by atoms with Gasteiger partial charge >= 0.3 is 0 Å². The average molecular weight is 292 g/mol. The SMILES string of the molecule is Cc1nccn1CCCN1C[C@H](O)[C@@H](N2CCCCC2)C1. The van der Waals surface area contributed by atoms with Gasteiger partial charge in [-0.1, -0.05) is 6.42 Å². The molecular weight excluding hydrogens is 264 g/mol. The lowest BCUT2D eigenvalue weighted by Gasteiger charge is -2.33. The van der Waals surface area contributed by atoms with E-state index in [4.69, 9.17) is 0 Å². The van der Waals surface area contributed by atoms with Gasteiger partial charge in [0, 0.05) is 44.6 Å². The van der Waals surface area contributed by atoms with Crippen LogP contribution in [0.4, 0.5) is 0 Å². The number of hydrogen-bond donors (Lipinski definition) is 1. The summed E-state index contributed by atoms with van der Waals surface area (Å²) >= 11 is 0. The molecule has 2 aliphatic heterocycles. The number of imidazole rings is 1. The second-order valence-corrected chi connectivity index (χ2v) is 6.51. The molecule has 0 amide bonds. The quantitative estimate of drug-likeness (QED) is 0.883. The first-order valence-electron chi connectivity index (χ1n) is 8.36. The molecule has 2 atom stereocenters. The first-order valence-corrected chi connectivity index (χ1v) is 8.36. The van der Waals surface area contributed by atoms with E-state index in [9.17, 15) is 5.11 Å². The maximum atomic E-state index is 10.3. The summed E-state index contributed by atoms with van der Waals surface area (Å²) in [5.74, 6) is 1.09. The van der Waals surface area contributed by atoms with Crippen LogP contribution < -0.4 is 0 Å². The monoisotopic (exact) mass is 292 g/mol. The van der Waals surface area contributed by atoms with Crippen molar-refractivity contribution in [3.05, 3.63) is 18.2 Å². The summed E-state index contributed by atoms with van der Waals surface area (Å²) < 4.78 is 2.20. The summed E-state index contributed by atoms with van der Waals surface area (Å²) in [5.41, 5.74) is 0. The maximum Gasteiger partial charge on any atom is 0.105 e. The summed E-state index contributed by atoms with van der Waals surface area (Å²) in [6, 6.07) is 0.361. The van der Waals surface area contributed by atoms with Gasteiger partial charge in [-0.3, -0.25) is 9.80 Å². The molecule has 118 valence electrons. The third-order valence-corrected chi connectivity index (χ3v) is 4.99. The molecule has 0 spiro atoms. The second-order valence-electron chi connectivity index (χ2n) is 6.51. The maximum absolute atomic E-state index is 10.3. The van der Waals surface area contributed by atoms with Gasteiger partial charge in [0.15, 0.2) is 0 Å². The van der Waals surface area contributed by atoms with E-state index in [1.165, 1.54) is 32.4 Å². The largest absolute Gasteiger partial charge is 0.390 e. The minimum Gasteiger partial charge on any atom is -0.390 e. The summed E-state index contributed by atoms with van der Waals surface area (Å²) in [4.78, 5) is 9.19. The Kier molecular flexibility index (Phi) is 4.93.